The molecule has 0 radical (unpaired) electrons. The van der Waals surface area contributed by atoms with Crippen LogP contribution in [-0.2, 0) is 16.0 Å². The number of aliphatic hydroxyl groups excluding tert-OH is 1. The number of phenols is 2. The van der Waals surface area contributed by atoms with E-state index in [1.165, 1.54) is 26.4 Å². The summed E-state index contributed by atoms with van der Waals surface area (Å²) in [6, 6.07) is 9.58. The molecule has 7 heteroatoms. The Morgan fingerprint density at radius 2 is 1.63 bits per heavy atom. The number of phenolic OH excluding ortho intramolecular Hbond substituents is 2. The van der Waals surface area contributed by atoms with Gasteiger partial charge in [-0.3, -0.25) is 4.79 Å². The summed E-state index contributed by atoms with van der Waals surface area (Å²) < 4.78 is 15.8. The Morgan fingerprint density at radius 1 is 1.00 bits per heavy atom. The molecule has 27 heavy (non-hydrogen) atoms. The molecule has 0 spiro atoms. The van der Waals surface area contributed by atoms with Crippen molar-refractivity contribution < 1.29 is 34.3 Å². The van der Waals surface area contributed by atoms with Crippen molar-refractivity contribution >= 4 is 5.97 Å². The molecule has 3 rings (SSSR count). The third kappa shape index (κ3) is 3.64. The van der Waals surface area contributed by atoms with Gasteiger partial charge in [-0.05, 0) is 41.8 Å². The van der Waals surface area contributed by atoms with Crippen LogP contribution in [0.15, 0.2) is 36.4 Å². The van der Waals surface area contributed by atoms with Gasteiger partial charge in [0, 0.05) is 5.92 Å². The first-order valence-corrected chi connectivity index (χ1v) is 8.52. The number of aromatic hydroxyl groups is 2. The smallest absolute Gasteiger partial charge is 0.310 e. The zero-order chi connectivity index (χ0) is 19.6. The molecule has 0 bridgehead atoms. The minimum Gasteiger partial charge on any atom is -0.504 e. The number of methoxy groups -OCH3 is 2. The molecular weight excluding hydrogens is 352 g/mol. The Morgan fingerprint density at radius 3 is 2.26 bits per heavy atom. The van der Waals surface area contributed by atoms with E-state index >= 15 is 0 Å². The fraction of sp³-hybridized carbons (Fsp3) is 0.350. The number of hydrogen-bond acceptors (Lipinski definition) is 7. The van der Waals surface area contributed by atoms with Gasteiger partial charge in [-0.25, -0.2) is 0 Å². The third-order valence-electron chi connectivity index (χ3n) is 4.89. The maximum Gasteiger partial charge on any atom is 0.310 e. The summed E-state index contributed by atoms with van der Waals surface area (Å²) >= 11 is 0. The molecule has 7 nitrogen and oxygen atoms in total. The molecule has 2 aromatic carbocycles. The summed E-state index contributed by atoms with van der Waals surface area (Å²) in [6.45, 7) is -0.237. The van der Waals surface area contributed by atoms with E-state index in [-0.39, 0.29) is 23.9 Å². The number of benzene rings is 2. The van der Waals surface area contributed by atoms with Crippen molar-refractivity contribution in [2.45, 2.75) is 12.5 Å². The van der Waals surface area contributed by atoms with Crippen molar-refractivity contribution in [1.29, 1.82) is 0 Å². The number of esters is 1. The SMILES string of the molecule is COc1cc(C[C@@H]2C(=O)O[C@H](c3ccc(O)c(OC)c3)[C@H]2CO)ccc1O. The largest absolute Gasteiger partial charge is 0.504 e. The molecule has 1 heterocycles. The maximum atomic E-state index is 12.5. The first kappa shape index (κ1) is 18.8. The Labute approximate surface area is 156 Å². The van der Waals surface area contributed by atoms with Crippen LogP contribution in [-0.4, -0.2) is 42.1 Å². The molecule has 1 fully saturated rings. The number of carbonyl (C=O) groups excluding carboxylic acids is 1. The topological polar surface area (TPSA) is 105 Å². The number of rotatable bonds is 6. The van der Waals surface area contributed by atoms with Crippen LogP contribution < -0.4 is 9.47 Å². The van der Waals surface area contributed by atoms with Gasteiger partial charge in [0.05, 0.1) is 26.7 Å². The second kappa shape index (κ2) is 7.75. The summed E-state index contributed by atoms with van der Waals surface area (Å²) in [4.78, 5) is 12.5. The highest BCUT2D eigenvalue weighted by molar-refractivity contribution is 5.76. The Balaban J connectivity index is 1.86. The molecule has 0 saturated carbocycles. The van der Waals surface area contributed by atoms with E-state index in [0.717, 1.165) is 5.56 Å². The van der Waals surface area contributed by atoms with Gasteiger partial charge >= 0.3 is 5.97 Å². The fourth-order valence-corrected chi connectivity index (χ4v) is 3.43. The minimum absolute atomic E-state index is 0.0149. The molecule has 0 aliphatic carbocycles. The van der Waals surface area contributed by atoms with E-state index in [2.05, 4.69) is 0 Å². The van der Waals surface area contributed by atoms with Gasteiger partial charge in [0.2, 0.25) is 0 Å². The van der Waals surface area contributed by atoms with Crippen molar-refractivity contribution in [2.24, 2.45) is 11.8 Å². The third-order valence-corrected chi connectivity index (χ3v) is 4.89. The lowest BCUT2D eigenvalue weighted by Crippen LogP contribution is -2.23. The van der Waals surface area contributed by atoms with Crippen LogP contribution in [0.5, 0.6) is 23.0 Å². The highest BCUT2D eigenvalue weighted by Crippen LogP contribution is 2.43. The predicted octanol–water partition coefficient (Wildman–Crippen LogP) is 2.18. The van der Waals surface area contributed by atoms with Crippen LogP contribution in [0.25, 0.3) is 0 Å². The zero-order valence-electron chi connectivity index (χ0n) is 15.1. The molecule has 0 aromatic heterocycles. The number of cyclic esters (lactones) is 1. The Hall–Kier alpha value is -2.93. The average Bonchev–Trinajstić information content (AvgIpc) is 2.99. The van der Waals surface area contributed by atoms with E-state index in [1.54, 1.807) is 24.3 Å². The summed E-state index contributed by atoms with van der Waals surface area (Å²) in [7, 11) is 2.89. The second-order valence-electron chi connectivity index (χ2n) is 6.45. The average molecular weight is 374 g/mol. The van der Waals surface area contributed by atoms with Crippen molar-refractivity contribution in [2.75, 3.05) is 20.8 Å². The van der Waals surface area contributed by atoms with Gasteiger partial charge in [-0.2, -0.15) is 0 Å². The molecular formula is C20H22O7. The van der Waals surface area contributed by atoms with E-state index in [0.29, 0.717) is 17.7 Å². The van der Waals surface area contributed by atoms with Crippen LogP contribution in [0, 0.1) is 11.8 Å². The fourth-order valence-electron chi connectivity index (χ4n) is 3.43. The van der Waals surface area contributed by atoms with Crippen LogP contribution in [0.4, 0.5) is 0 Å². The van der Waals surface area contributed by atoms with Crippen molar-refractivity contribution in [3.8, 4) is 23.0 Å². The number of hydrogen-bond donors (Lipinski definition) is 3. The van der Waals surface area contributed by atoms with E-state index in [9.17, 15) is 20.1 Å². The van der Waals surface area contributed by atoms with Crippen molar-refractivity contribution in [3.05, 3.63) is 47.5 Å². The minimum atomic E-state index is -0.638. The summed E-state index contributed by atoms with van der Waals surface area (Å²) in [5, 5.41) is 29.4. The highest BCUT2D eigenvalue weighted by atomic mass is 16.6. The first-order chi connectivity index (χ1) is 13.0. The lowest BCUT2D eigenvalue weighted by Gasteiger charge is -2.20. The van der Waals surface area contributed by atoms with Crippen LogP contribution in [0.1, 0.15) is 17.2 Å². The molecule has 3 atom stereocenters. The first-order valence-electron chi connectivity index (χ1n) is 8.52. The Bertz CT molecular complexity index is 833. The van der Waals surface area contributed by atoms with Crippen LogP contribution in [0.2, 0.25) is 0 Å². The van der Waals surface area contributed by atoms with Crippen molar-refractivity contribution in [3.63, 3.8) is 0 Å². The van der Waals surface area contributed by atoms with Gasteiger partial charge in [-0.1, -0.05) is 12.1 Å². The molecule has 0 unspecified atom stereocenters. The maximum absolute atomic E-state index is 12.5. The summed E-state index contributed by atoms with van der Waals surface area (Å²) in [5.74, 6) is -0.813. The van der Waals surface area contributed by atoms with Crippen molar-refractivity contribution in [1.82, 2.24) is 0 Å². The van der Waals surface area contributed by atoms with Crippen LogP contribution in [0.3, 0.4) is 0 Å². The summed E-state index contributed by atoms with van der Waals surface area (Å²) in [5.41, 5.74) is 1.43. The second-order valence-corrected chi connectivity index (χ2v) is 6.45. The molecule has 1 aliphatic rings. The molecule has 0 amide bonds. The lowest BCUT2D eigenvalue weighted by atomic mass is 9.84. The number of aliphatic hydroxyl groups is 1. The number of ether oxygens (including phenoxy) is 3. The monoisotopic (exact) mass is 374 g/mol. The Kier molecular flexibility index (Phi) is 5.41. The normalized spacial score (nSPS) is 21.7. The number of carbonyl (C=O) groups is 1. The van der Waals surface area contributed by atoms with Gasteiger partial charge in [0.15, 0.2) is 23.0 Å². The molecule has 1 saturated heterocycles. The van der Waals surface area contributed by atoms with Crippen LogP contribution >= 0.6 is 0 Å². The van der Waals surface area contributed by atoms with Gasteiger partial charge in [-0.15, -0.1) is 0 Å². The predicted molar refractivity (Wildman–Crippen MR) is 95.9 cm³/mol. The van der Waals surface area contributed by atoms with E-state index < -0.39 is 23.9 Å². The summed E-state index contributed by atoms with van der Waals surface area (Å²) in [6.07, 6.45) is -0.298. The quantitative estimate of drug-likeness (QED) is 0.666. The van der Waals surface area contributed by atoms with E-state index in [1.807, 2.05) is 0 Å². The van der Waals surface area contributed by atoms with Gasteiger partial charge in [0.1, 0.15) is 6.10 Å². The molecule has 144 valence electrons. The standard InChI is InChI=1S/C20H22O7/c1-25-17-8-11(3-5-15(17)22)7-13-14(10-21)19(27-20(13)24)12-4-6-16(23)18(9-12)26-2/h3-6,8-9,13-14,19,21-23H,7,10H2,1-2H3/t13-,14-,19+/m0/s1. The zero-order valence-corrected chi connectivity index (χ0v) is 15.1. The molecule has 3 N–H and O–H groups in total. The lowest BCUT2D eigenvalue weighted by molar-refractivity contribution is -0.144. The van der Waals surface area contributed by atoms with Gasteiger partial charge in [0.25, 0.3) is 0 Å². The highest BCUT2D eigenvalue weighted by Gasteiger charge is 2.45. The molecule has 2 aromatic rings. The van der Waals surface area contributed by atoms with E-state index in [4.69, 9.17) is 14.2 Å². The molecule has 1 aliphatic heterocycles. The van der Waals surface area contributed by atoms with Gasteiger partial charge < -0.3 is 29.5 Å².